The molecule has 1 aromatic carbocycles. The van der Waals surface area contributed by atoms with Crippen LogP contribution in [0.25, 0.3) is 20.7 Å². The van der Waals surface area contributed by atoms with Crippen molar-refractivity contribution in [2.45, 2.75) is 12.8 Å². The third-order valence-corrected chi connectivity index (χ3v) is 4.70. The zero-order valence-corrected chi connectivity index (χ0v) is 12.3. The summed E-state index contributed by atoms with van der Waals surface area (Å²) < 4.78 is 0. The van der Waals surface area contributed by atoms with Gasteiger partial charge in [0.2, 0.25) is 0 Å². The van der Waals surface area contributed by atoms with Gasteiger partial charge >= 0.3 is 0 Å². The summed E-state index contributed by atoms with van der Waals surface area (Å²) in [5.74, 6) is 0.887. The Morgan fingerprint density at radius 1 is 1.10 bits per heavy atom. The molecule has 4 rings (SSSR count). The van der Waals surface area contributed by atoms with Gasteiger partial charge in [-0.1, -0.05) is 30.3 Å². The van der Waals surface area contributed by atoms with E-state index in [-0.39, 0.29) is 0 Å². The minimum atomic E-state index is 0.765. The molecule has 2 aromatic heterocycles. The Kier molecular flexibility index (Phi) is 3.29. The largest absolute Gasteiger partial charge is 0.272 e. The van der Waals surface area contributed by atoms with Crippen LogP contribution >= 0.6 is 11.3 Å². The van der Waals surface area contributed by atoms with E-state index < -0.39 is 0 Å². The maximum Gasteiger partial charge on any atom is 0.164 e. The molecule has 21 heavy (non-hydrogen) atoms. The van der Waals surface area contributed by atoms with Crippen LogP contribution in [0.5, 0.6) is 0 Å². The monoisotopic (exact) mass is 297 g/mol. The van der Waals surface area contributed by atoms with E-state index in [1.54, 1.807) is 17.7 Å². The molecule has 0 saturated carbocycles. The van der Waals surface area contributed by atoms with E-state index in [0.29, 0.717) is 0 Å². The Morgan fingerprint density at radius 2 is 2.00 bits per heavy atom. The Hall–Kier alpha value is -1.98. The van der Waals surface area contributed by atoms with E-state index in [1.807, 2.05) is 11.1 Å². The fourth-order valence-corrected chi connectivity index (χ4v) is 3.55. The van der Waals surface area contributed by atoms with Gasteiger partial charge in [0.25, 0.3) is 0 Å². The second kappa shape index (κ2) is 5.42. The van der Waals surface area contributed by atoms with E-state index >= 15 is 0 Å². The number of thiophene rings is 1. The zero-order valence-electron chi connectivity index (χ0n) is 11.5. The highest BCUT2D eigenvalue weighted by atomic mass is 32.1. The third-order valence-electron chi connectivity index (χ3n) is 3.61. The summed E-state index contributed by atoms with van der Waals surface area (Å²) in [6.45, 7) is 1.66. The molecule has 1 saturated heterocycles. The van der Waals surface area contributed by atoms with Gasteiger partial charge in [0.15, 0.2) is 5.82 Å². The van der Waals surface area contributed by atoms with E-state index in [0.717, 1.165) is 42.0 Å². The lowest BCUT2D eigenvalue weighted by Crippen LogP contribution is -2.30. The molecule has 3 heterocycles. The number of hydrogen-bond donors (Lipinski definition) is 0. The Labute approximate surface area is 127 Å². The quantitative estimate of drug-likeness (QED) is 0.719. The van der Waals surface area contributed by atoms with Gasteiger partial charge in [-0.05, 0) is 24.5 Å². The van der Waals surface area contributed by atoms with Gasteiger partial charge in [-0.25, -0.2) is 15.0 Å². The normalized spacial score (nSPS) is 15.5. The predicted molar refractivity (Wildman–Crippen MR) is 85.4 cm³/mol. The average molecular weight is 297 g/mol. The van der Waals surface area contributed by atoms with Gasteiger partial charge in [0.05, 0.1) is 12.0 Å². The summed E-state index contributed by atoms with van der Waals surface area (Å²) in [5.41, 5.74) is 1.21. The van der Waals surface area contributed by atoms with Crippen LogP contribution in [0.2, 0.25) is 0 Å². The molecule has 1 fully saturated rings. The molecule has 0 radical (unpaired) electrons. The number of aromatic nitrogens is 2. The first-order valence-electron chi connectivity index (χ1n) is 7.12. The predicted octanol–water partition coefficient (Wildman–Crippen LogP) is 3.89. The van der Waals surface area contributed by atoms with Crippen molar-refractivity contribution in [1.82, 2.24) is 9.97 Å². The minimum Gasteiger partial charge on any atom is -0.272 e. The van der Waals surface area contributed by atoms with Crippen LogP contribution in [0.1, 0.15) is 12.8 Å². The Balaban J connectivity index is 1.80. The molecule has 0 spiro atoms. The highest BCUT2D eigenvalue weighted by Crippen LogP contribution is 2.36. The van der Waals surface area contributed by atoms with E-state index in [2.05, 4.69) is 40.3 Å². The van der Waals surface area contributed by atoms with Crippen molar-refractivity contribution in [3.05, 3.63) is 42.7 Å². The number of rotatable bonds is 2. The molecule has 1 aliphatic rings. The van der Waals surface area contributed by atoms with Crippen molar-refractivity contribution in [1.29, 1.82) is 0 Å². The molecule has 0 N–H and O–H groups in total. The van der Waals surface area contributed by atoms with E-state index in [4.69, 9.17) is 4.84 Å². The van der Waals surface area contributed by atoms with Crippen LogP contribution in [-0.2, 0) is 4.84 Å². The third kappa shape index (κ3) is 2.39. The van der Waals surface area contributed by atoms with Gasteiger partial charge in [0.1, 0.15) is 11.2 Å². The molecule has 0 atom stereocenters. The molecule has 1 aliphatic heterocycles. The SMILES string of the molecule is c1ccc(-c2cc3c(N4CCCCO4)ncnc3s2)cc1. The van der Waals surface area contributed by atoms with Gasteiger partial charge < -0.3 is 0 Å². The average Bonchev–Trinajstić information content (AvgIpc) is 3.00. The molecule has 5 heteroatoms. The summed E-state index contributed by atoms with van der Waals surface area (Å²) in [4.78, 5) is 16.8. The summed E-state index contributed by atoms with van der Waals surface area (Å²) >= 11 is 1.70. The first-order chi connectivity index (χ1) is 10.4. The van der Waals surface area contributed by atoms with Crippen molar-refractivity contribution < 1.29 is 4.84 Å². The number of fused-ring (bicyclic) bond motifs is 1. The zero-order chi connectivity index (χ0) is 14.1. The molecule has 3 aromatic rings. The van der Waals surface area contributed by atoms with Crippen molar-refractivity contribution in [3.8, 4) is 10.4 Å². The fraction of sp³-hybridized carbons (Fsp3) is 0.250. The van der Waals surface area contributed by atoms with Crippen LogP contribution < -0.4 is 5.06 Å². The first kappa shape index (κ1) is 12.7. The molecule has 0 aliphatic carbocycles. The smallest absolute Gasteiger partial charge is 0.164 e. The van der Waals surface area contributed by atoms with Crippen LogP contribution in [0.3, 0.4) is 0 Å². The molecule has 0 amide bonds. The van der Waals surface area contributed by atoms with Crippen LogP contribution in [0.4, 0.5) is 5.82 Å². The maximum atomic E-state index is 5.73. The van der Waals surface area contributed by atoms with Crippen LogP contribution in [-0.4, -0.2) is 23.1 Å². The second-order valence-corrected chi connectivity index (χ2v) is 6.07. The van der Waals surface area contributed by atoms with Gasteiger partial charge in [-0.3, -0.25) is 4.84 Å². The molecule has 4 nitrogen and oxygen atoms in total. The first-order valence-corrected chi connectivity index (χ1v) is 7.94. The molecule has 0 unspecified atom stereocenters. The second-order valence-electron chi connectivity index (χ2n) is 5.04. The van der Waals surface area contributed by atoms with Crippen molar-refractivity contribution in [2.24, 2.45) is 0 Å². The molecule has 106 valence electrons. The van der Waals surface area contributed by atoms with Crippen LogP contribution in [0.15, 0.2) is 42.7 Å². The van der Waals surface area contributed by atoms with E-state index in [9.17, 15) is 0 Å². The van der Waals surface area contributed by atoms with Crippen molar-refractivity contribution >= 4 is 27.4 Å². The van der Waals surface area contributed by atoms with E-state index in [1.165, 1.54) is 10.4 Å². The minimum absolute atomic E-state index is 0.765. The summed E-state index contributed by atoms with van der Waals surface area (Å²) in [5, 5.41) is 2.98. The summed E-state index contributed by atoms with van der Waals surface area (Å²) in [7, 11) is 0. The maximum absolute atomic E-state index is 5.73. The van der Waals surface area contributed by atoms with Gasteiger partial charge in [-0.2, -0.15) is 0 Å². The molecule has 0 bridgehead atoms. The lowest BCUT2D eigenvalue weighted by Gasteiger charge is -2.26. The fourth-order valence-electron chi connectivity index (χ4n) is 2.55. The number of anilines is 1. The summed E-state index contributed by atoms with van der Waals surface area (Å²) in [6.07, 6.45) is 3.88. The highest BCUT2D eigenvalue weighted by Gasteiger charge is 2.18. The van der Waals surface area contributed by atoms with Crippen molar-refractivity contribution in [2.75, 3.05) is 18.2 Å². The van der Waals surface area contributed by atoms with Gasteiger partial charge in [-0.15, -0.1) is 11.3 Å². The Morgan fingerprint density at radius 3 is 2.81 bits per heavy atom. The standard InChI is InChI=1S/C16H15N3OS/c1-2-6-12(7-3-1)14-10-13-15(17-11-18-16(13)21-14)19-8-4-5-9-20-19/h1-3,6-7,10-11H,4-5,8-9H2. The molecular weight excluding hydrogens is 282 g/mol. The highest BCUT2D eigenvalue weighted by molar-refractivity contribution is 7.21. The number of benzene rings is 1. The van der Waals surface area contributed by atoms with Crippen LogP contribution in [0, 0.1) is 0 Å². The van der Waals surface area contributed by atoms with Crippen molar-refractivity contribution in [3.63, 3.8) is 0 Å². The number of nitrogens with zero attached hydrogens (tertiary/aromatic N) is 3. The summed E-state index contributed by atoms with van der Waals surface area (Å²) in [6, 6.07) is 12.6. The topological polar surface area (TPSA) is 38.2 Å². The number of hydroxylamine groups is 1. The van der Waals surface area contributed by atoms with Gasteiger partial charge in [0, 0.05) is 11.4 Å². The lowest BCUT2D eigenvalue weighted by molar-refractivity contribution is 0.0767. The molecular formula is C16H15N3OS. The Bertz CT molecular complexity index is 751. The number of hydrogen-bond acceptors (Lipinski definition) is 5. The lowest BCUT2D eigenvalue weighted by atomic mass is 10.2.